The number of rotatable bonds is 2. The monoisotopic (exact) mass is 654 g/mol. The molecule has 1 aliphatic heterocycles. The summed E-state index contributed by atoms with van der Waals surface area (Å²) in [5.74, 6) is -19.6. The van der Waals surface area contributed by atoms with Crippen molar-refractivity contribution in [1.82, 2.24) is 19.9 Å². The largest absolute Gasteiger partial charge is 0.354 e. The molecule has 0 unspecified atom stereocenters. The molecule has 1 aliphatic rings. The number of nitrogens with zero attached hydrogens (tertiary/aromatic N) is 1. The third-order valence-electron chi connectivity index (χ3n) is 7.64. The summed E-state index contributed by atoms with van der Waals surface area (Å²) in [6.07, 6.45) is 8.25. The molecule has 4 nitrogen and oxygen atoms in total. The molecule has 14 heteroatoms. The molecule has 234 valence electrons. The minimum Gasteiger partial charge on any atom is -0.354 e. The highest BCUT2D eigenvalue weighted by Crippen LogP contribution is 2.39. The summed E-state index contributed by atoms with van der Waals surface area (Å²) in [5.41, 5.74) is -4.11. The van der Waals surface area contributed by atoms with Crippen molar-refractivity contribution in [1.29, 1.82) is 0 Å². The van der Waals surface area contributed by atoms with E-state index in [0.717, 1.165) is 0 Å². The van der Waals surface area contributed by atoms with E-state index < -0.39 is 80.4 Å². The van der Waals surface area contributed by atoms with Gasteiger partial charge in [-0.1, -0.05) is 5.92 Å². The van der Waals surface area contributed by atoms with E-state index in [2.05, 4.69) is 25.9 Å². The Labute approximate surface area is 255 Å². The zero-order valence-corrected chi connectivity index (χ0v) is 22.9. The molecule has 0 saturated heterocycles. The van der Waals surface area contributed by atoms with Gasteiger partial charge in [-0.15, -0.1) is 6.42 Å². The van der Waals surface area contributed by atoms with Gasteiger partial charge in [-0.3, -0.25) is 0 Å². The van der Waals surface area contributed by atoms with Crippen molar-refractivity contribution >= 4 is 45.3 Å². The van der Waals surface area contributed by atoms with Gasteiger partial charge in [0.05, 0.1) is 44.6 Å². The van der Waals surface area contributed by atoms with Gasteiger partial charge in [0.2, 0.25) is 11.6 Å². The van der Waals surface area contributed by atoms with Crippen LogP contribution in [0.4, 0.5) is 43.9 Å². The predicted molar refractivity (Wildman–Crippen MR) is 154 cm³/mol. The van der Waals surface area contributed by atoms with Gasteiger partial charge < -0.3 is 15.0 Å². The molecule has 7 rings (SSSR count). The molecule has 8 bridgehead atoms. The summed E-state index contributed by atoms with van der Waals surface area (Å²) in [6.45, 7) is 0. The quantitative estimate of drug-likeness (QED) is 0.0740. The van der Waals surface area contributed by atoms with Crippen molar-refractivity contribution < 1.29 is 43.9 Å². The molecular formula is C33H12F10N4. The van der Waals surface area contributed by atoms with E-state index >= 15 is 17.6 Å². The van der Waals surface area contributed by atoms with Crippen molar-refractivity contribution in [2.75, 3.05) is 0 Å². The van der Waals surface area contributed by atoms with Crippen LogP contribution in [0.1, 0.15) is 17.0 Å². The van der Waals surface area contributed by atoms with Crippen LogP contribution in [-0.4, -0.2) is 19.9 Å². The summed E-state index contributed by atoms with van der Waals surface area (Å²) in [7, 11) is 0. The third kappa shape index (κ3) is 4.30. The van der Waals surface area contributed by atoms with Gasteiger partial charge in [-0.05, 0) is 48.6 Å². The van der Waals surface area contributed by atoms with Crippen LogP contribution in [0.15, 0.2) is 36.4 Å². The Morgan fingerprint density at radius 3 is 1.21 bits per heavy atom. The third-order valence-corrected chi connectivity index (χ3v) is 7.64. The number of hydrogen-bond acceptors (Lipinski definition) is 1. The minimum atomic E-state index is -2.37. The highest BCUT2D eigenvalue weighted by molar-refractivity contribution is 5.98. The highest BCUT2D eigenvalue weighted by Gasteiger charge is 2.30. The molecule has 6 aromatic rings. The maximum atomic E-state index is 15.2. The molecule has 4 aromatic heterocycles. The maximum absolute atomic E-state index is 15.2. The molecule has 0 spiro atoms. The number of fused-ring (bicyclic) bond motifs is 9. The second kappa shape index (κ2) is 10.5. The molecular weight excluding hydrogens is 642 g/mol. The van der Waals surface area contributed by atoms with Crippen LogP contribution < -0.4 is 0 Å². The second-order valence-corrected chi connectivity index (χ2v) is 10.2. The number of benzene rings is 2. The van der Waals surface area contributed by atoms with Crippen LogP contribution in [0.2, 0.25) is 0 Å². The molecule has 47 heavy (non-hydrogen) atoms. The molecule has 3 N–H and O–H groups in total. The number of aromatic amines is 3. The van der Waals surface area contributed by atoms with Crippen molar-refractivity contribution in [3.8, 4) is 34.6 Å². The van der Waals surface area contributed by atoms with E-state index in [-0.39, 0.29) is 50.1 Å². The smallest absolute Gasteiger partial charge is 0.200 e. The number of halogens is 10. The van der Waals surface area contributed by atoms with E-state index in [1.165, 1.54) is 48.6 Å². The first-order valence-electron chi connectivity index (χ1n) is 13.3. The van der Waals surface area contributed by atoms with Crippen molar-refractivity contribution in [2.45, 2.75) is 0 Å². The first-order chi connectivity index (χ1) is 22.4. The Balaban J connectivity index is 1.70. The van der Waals surface area contributed by atoms with Crippen LogP contribution in [0.25, 0.3) is 67.5 Å². The van der Waals surface area contributed by atoms with Crippen molar-refractivity contribution in [3.63, 3.8) is 0 Å². The van der Waals surface area contributed by atoms with Gasteiger partial charge in [0, 0.05) is 27.7 Å². The molecule has 0 aliphatic carbocycles. The zero-order chi connectivity index (χ0) is 33.5. The summed E-state index contributed by atoms with van der Waals surface area (Å²) in [5, 5.41) is 0. The van der Waals surface area contributed by atoms with Crippen LogP contribution in [0.3, 0.4) is 0 Å². The summed E-state index contributed by atoms with van der Waals surface area (Å²) >= 11 is 0. The lowest BCUT2D eigenvalue weighted by molar-refractivity contribution is 0.381. The predicted octanol–water partition coefficient (Wildman–Crippen LogP) is 9.40. The summed E-state index contributed by atoms with van der Waals surface area (Å²) in [6, 6.07) is 7.79. The van der Waals surface area contributed by atoms with E-state index in [1.54, 1.807) is 0 Å². The van der Waals surface area contributed by atoms with E-state index in [9.17, 15) is 26.3 Å². The Morgan fingerprint density at radius 2 is 0.745 bits per heavy atom. The Morgan fingerprint density at radius 1 is 0.404 bits per heavy atom. The zero-order valence-electron chi connectivity index (χ0n) is 22.9. The van der Waals surface area contributed by atoms with E-state index in [4.69, 9.17) is 6.42 Å². The molecule has 5 heterocycles. The first kappa shape index (κ1) is 29.7. The van der Waals surface area contributed by atoms with Gasteiger partial charge in [0.1, 0.15) is 0 Å². The molecule has 0 fully saturated rings. The normalized spacial score (nSPS) is 11.9. The van der Waals surface area contributed by atoms with Gasteiger partial charge in [0.25, 0.3) is 0 Å². The molecule has 0 amide bonds. The van der Waals surface area contributed by atoms with Crippen molar-refractivity contribution in [2.24, 2.45) is 0 Å². The minimum absolute atomic E-state index is 0.0433. The fourth-order valence-electron chi connectivity index (χ4n) is 5.48. The van der Waals surface area contributed by atoms with Crippen LogP contribution in [0.5, 0.6) is 0 Å². The van der Waals surface area contributed by atoms with Crippen LogP contribution >= 0.6 is 0 Å². The van der Waals surface area contributed by atoms with Gasteiger partial charge in [-0.25, -0.2) is 48.9 Å². The highest BCUT2D eigenvalue weighted by atomic mass is 19.2. The lowest BCUT2D eigenvalue weighted by Gasteiger charge is -2.09. The van der Waals surface area contributed by atoms with Gasteiger partial charge in [0.15, 0.2) is 46.5 Å². The van der Waals surface area contributed by atoms with E-state index in [0.29, 0.717) is 0 Å². The Kier molecular flexibility index (Phi) is 6.67. The fourth-order valence-corrected chi connectivity index (χ4v) is 5.48. The number of aromatic nitrogens is 4. The molecule has 2 aromatic carbocycles. The van der Waals surface area contributed by atoms with Gasteiger partial charge in [-0.2, -0.15) is 0 Å². The molecule has 0 saturated carbocycles. The number of terminal acetylenes is 1. The van der Waals surface area contributed by atoms with Crippen LogP contribution in [-0.2, 0) is 0 Å². The average molecular weight is 654 g/mol. The Hall–Kier alpha value is -5.97. The fraction of sp³-hybridized carbons (Fsp3) is 0. The molecule has 0 atom stereocenters. The summed E-state index contributed by atoms with van der Waals surface area (Å²) < 4.78 is 146. The number of H-pyrrole nitrogens is 3. The lowest BCUT2D eigenvalue weighted by atomic mass is 10.0. The molecule has 0 radical (unpaired) electrons. The number of nitrogens with one attached hydrogen (secondary N) is 3. The van der Waals surface area contributed by atoms with E-state index in [1.807, 2.05) is 0 Å². The SMILES string of the molecule is C#Cc1c2nc(c(-c3c(F)c(F)c(F)c(F)c3F)c3ccc([nH]3)c3ccc([nH]3)c(-c3c(F)c(F)c(F)c(F)c3F)c3ccc1[nH]3)C=C2. The standard InChI is InChI=1S/C33H12F10N4/c1-2-11-12-3-7-16(44-12)20(22-24(34)28(38)32(42)29(39)25(22)35)18-9-5-14(46-18)15-6-10-19(47-15)21(17-8-4-13(11)45-17)23-26(36)30(40)33(43)31(41)27(23)37/h1,3-10,44,46-47H. The summed E-state index contributed by atoms with van der Waals surface area (Å²) in [4.78, 5) is 12.7. The van der Waals surface area contributed by atoms with Gasteiger partial charge >= 0.3 is 0 Å². The van der Waals surface area contributed by atoms with Crippen molar-refractivity contribution in [3.05, 3.63) is 112 Å². The van der Waals surface area contributed by atoms with Crippen LogP contribution in [0, 0.1) is 70.5 Å². The second-order valence-electron chi connectivity index (χ2n) is 10.2. The number of hydrogen-bond donors (Lipinski definition) is 3. The lowest BCUT2D eigenvalue weighted by Crippen LogP contribution is -2.05. The topological polar surface area (TPSA) is 60.3 Å². The average Bonchev–Trinajstić information content (AvgIpc) is 3.89. The maximum Gasteiger partial charge on any atom is 0.200 e. The Bertz CT molecular complexity index is 2490. The first-order valence-corrected chi connectivity index (χ1v) is 13.3.